The van der Waals surface area contributed by atoms with E-state index in [4.69, 9.17) is 9.88 Å². The molecule has 0 saturated carbocycles. The van der Waals surface area contributed by atoms with Crippen molar-refractivity contribution in [1.82, 2.24) is 4.90 Å². The number of sulfonamides is 1. The van der Waals surface area contributed by atoms with Crippen LogP contribution in [0, 0.1) is 0 Å². The highest BCUT2D eigenvalue weighted by atomic mass is 32.2. The second-order valence-electron chi connectivity index (χ2n) is 7.04. The summed E-state index contributed by atoms with van der Waals surface area (Å²) < 4.78 is 67.7. The number of halogens is 3. The van der Waals surface area contributed by atoms with Gasteiger partial charge in [0, 0.05) is 26.2 Å². The number of carbonyl (C=O) groups is 2. The Morgan fingerprint density at radius 2 is 1.62 bits per heavy atom. The Morgan fingerprint density at radius 3 is 2.19 bits per heavy atom. The predicted molar refractivity (Wildman–Crippen MR) is 109 cm³/mol. The number of esters is 1. The van der Waals surface area contributed by atoms with Crippen molar-refractivity contribution in [2.24, 2.45) is 5.14 Å². The standard InChI is InChI=1S/C20H20F3N3O5S/c1-31-19(28)15-12-13(32(24,29)30)6-7-17(15)25-8-10-26(11-9-25)18(27)14-4-2-3-5-16(14)20(21,22)23/h2-7,12H,8-11H2,1H3,(H2,24,29,30). The Kier molecular flexibility index (Phi) is 6.46. The first-order valence-electron chi connectivity index (χ1n) is 9.39. The Bertz CT molecular complexity index is 1140. The maximum Gasteiger partial charge on any atom is 0.417 e. The van der Waals surface area contributed by atoms with Gasteiger partial charge in [0.15, 0.2) is 0 Å². The van der Waals surface area contributed by atoms with E-state index in [1.807, 2.05) is 0 Å². The van der Waals surface area contributed by atoms with Gasteiger partial charge in [0.05, 0.1) is 34.4 Å². The molecule has 1 heterocycles. The second-order valence-corrected chi connectivity index (χ2v) is 8.60. The highest BCUT2D eigenvalue weighted by molar-refractivity contribution is 7.89. The number of primary sulfonamides is 1. The summed E-state index contributed by atoms with van der Waals surface area (Å²) >= 11 is 0. The number of carbonyl (C=O) groups excluding carboxylic acids is 2. The Hall–Kier alpha value is -3.12. The van der Waals surface area contributed by atoms with Crippen LogP contribution in [0.4, 0.5) is 18.9 Å². The van der Waals surface area contributed by atoms with Gasteiger partial charge in [-0.3, -0.25) is 4.79 Å². The molecular formula is C20H20F3N3O5S. The molecular weight excluding hydrogens is 451 g/mol. The third-order valence-electron chi connectivity index (χ3n) is 5.07. The summed E-state index contributed by atoms with van der Waals surface area (Å²) in [5.41, 5.74) is -1.09. The number of hydrogen-bond acceptors (Lipinski definition) is 6. The van der Waals surface area contributed by atoms with Gasteiger partial charge in [-0.15, -0.1) is 0 Å². The molecule has 2 aromatic rings. The van der Waals surface area contributed by atoms with E-state index in [-0.39, 0.29) is 36.6 Å². The van der Waals surface area contributed by atoms with Crippen LogP contribution < -0.4 is 10.0 Å². The molecule has 0 aliphatic carbocycles. The normalized spacial score (nSPS) is 14.9. The predicted octanol–water partition coefficient (Wildman–Crippen LogP) is 2.10. The largest absolute Gasteiger partial charge is 0.465 e. The number of anilines is 1. The van der Waals surface area contributed by atoms with Gasteiger partial charge >= 0.3 is 12.1 Å². The molecule has 3 rings (SSSR count). The van der Waals surface area contributed by atoms with Gasteiger partial charge in [-0.2, -0.15) is 13.2 Å². The van der Waals surface area contributed by atoms with Crippen LogP contribution in [0.25, 0.3) is 0 Å². The van der Waals surface area contributed by atoms with Crippen LogP contribution in [0.5, 0.6) is 0 Å². The molecule has 2 N–H and O–H groups in total. The quantitative estimate of drug-likeness (QED) is 0.684. The zero-order valence-electron chi connectivity index (χ0n) is 16.9. The van der Waals surface area contributed by atoms with E-state index in [1.165, 1.54) is 29.2 Å². The third-order valence-corrected chi connectivity index (χ3v) is 5.98. The Morgan fingerprint density at radius 1 is 1.00 bits per heavy atom. The second kappa shape index (κ2) is 8.79. The SMILES string of the molecule is COC(=O)c1cc(S(N)(=O)=O)ccc1N1CCN(C(=O)c2ccccc2C(F)(F)F)CC1. The van der Waals surface area contributed by atoms with Gasteiger partial charge < -0.3 is 14.5 Å². The van der Waals surface area contributed by atoms with Gasteiger partial charge in [0.25, 0.3) is 5.91 Å². The van der Waals surface area contributed by atoms with Crippen molar-refractivity contribution >= 4 is 27.6 Å². The van der Waals surface area contributed by atoms with Crippen molar-refractivity contribution in [3.05, 3.63) is 59.2 Å². The number of ether oxygens (including phenoxy) is 1. The van der Waals surface area contributed by atoms with Gasteiger partial charge in [-0.1, -0.05) is 12.1 Å². The molecule has 1 fully saturated rings. The lowest BCUT2D eigenvalue weighted by molar-refractivity contribution is -0.138. The highest BCUT2D eigenvalue weighted by Crippen LogP contribution is 2.33. The van der Waals surface area contributed by atoms with E-state index in [1.54, 1.807) is 4.90 Å². The van der Waals surface area contributed by atoms with Crippen LogP contribution in [0.3, 0.4) is 0 Å². The molecule has 1 saturated heterocycles. The monoisotopic (exact) mass is 471 g/mol. The van der Waals surface area contributed by atoms with Gasteiger partial charge in [0.1, 0.15) is 0 Å². The number of nitrogens with two attached hydrogens (primary N) is 1. The van der Waals surface area contributed by atoms with E-state index in [2.05, 4.69) is 0 Å². The topological polar surface area (TPSA) is 110 Å². The molecule has 0 spiro atoms. The van der Waals surface area contributed by atoms with Crippen molar-refractivity contribution < 1.29 is 35.9 Å². The number of hydrogen-bond donors (Lipinski definition) is 1. The minimum absolute atomic E-state index is 0.0266. The van der Waals surface area contributed by atoms with E-state index in [0.29, 0.717) is 5.69 Å². The number of alkyl halides is 3. The number of amides is 1. The molecule has 172 valence electrons. The number of methoxy groups -OCH3 is 1. The third kappa shape index (κ3) is 4.86. The number of nitrogens with zero attached hydrogens (tertiary/aromatic N) is 2. The minimum atomic E-state index is -4.66. The van der Waals surface area contributed by atoms with E-state index < -0.39 is 39.2 Å². The van der Waals surface area contributed by atoms with E-state index in [9.17, 15) is 31.2 Å². The summed E-state index contributed by atoms with van der Waals surface area (Å²) in [6, 6.07) is 8.34. The summed E-state index contributed by atoms with van der Waals surface area (Å²) in [5.74, 6) is -1.52. The molecule has 1 aliphatic rings. The first-order chi connectivity index (χ1) is 14.9. The Balaban J connectivity index is 1.82. The smallest absolute Gasteiger partial charge is 0.417 e. The zero-order chi connectivity index (χ0) is 23.7. The molecule has 1 aliphatic heterocycles. The fourth-order valence-corrected chi connectivity index (χ4v) is 4.02. The summed E-state index contributed by atoms with van der Waals surface area (Å²) in [7, 11) is -2.91. The lowest BCUT2D eigenvalue weighted by atomic mass is 10.1. The molecule has 2 aromatic carbocycles. The average molecular weight is 471 g/mol. The molecule has 12 heteroatoms. The molecule has 32 heavy (non-hydrogen) atoms. The van der Waals surface area contributed by atoms with Crippen molar-refractivity contribution in [2.75, 3.05) is 38.2 Å². The van der Waals surface area contributed by atoms with Crippen LogP contribution in [0.1, 0.15) is 26.3 Å². The van der Waals surface area contributed by atoms with Crippen molar-refractivity contribution in [2.45, 2.75) is 11.1 Å². The maximum atomic E-state index is 13.3. The summed E-state index contributed by atoms with van der Waals surface area (Å²) in [5, 5.41) is 5.13. The van der Waals surface area contributed by atoms with Gasteiger partial charge in [0.2, 0.25) is 10.0 Å². The van der Waals surface area contributed by atoms with Crippen LogP contribution in [-0.2, 0) is 20.9 Å². The van der Waals surface area contributed by atoms with Crippen LogP contribution in [0.2, 0.25) is 0 Å². The number of piperazine rings is 1. The average Bonchev–Trinajstić information content (AvgIpc) is 2.76. The lowest BCUT2D eigenvalue weighted by Gasteiger charge is -2.37. The number of rotatable bonds is 4. The fourth-order valence-electron chi connectivity index (χ4n) is 3.48. The molecule has 8 nitrogen and oxygen atoms in total. The Labute approximate surface area is 182 Å². The van der Waals surface area contributed by atoms with E-state index >= 15 is 0 Å². The molecule has 0 atom stereocenters. The van der Waals surface area contributed by atoms with Crippen molar-refractivity contribution in [1.29, 1.82) is 0 Å². The molecule has 0 bridgehead atoms. The van der Waals surface area contributed by atoms with E-state index in [0.717, 1.165) is 25.3 Å². The highest BCUT2D eigenvalue weighted by Gasteiger charge is 2.36. The van der Waals surface area contributed by atoms with Crippen molar-refractivity contribution in [3.63, 3.8) is 0 Å². The van der Waals surface area contributed by atoms with Crippen molar-refractivity contribution in [3.8, 4) is 0 Å². The molecule has 0 radical (unpaired) electrons. The maximum absolute atomic E-state index is 13.3. The summed E-state index contributed by atoms with van der Waals surface area (Å²) in [6.45, 7) is 0.614. The molecule has 0 aromatic heterocycles. The van der Waals surface area contributed by atoms with Gasteiger partial charge in [-0.25, -0.2) is 18.4 Å². The summed E-state index contributed by atoms with van der Waals surface area (Å²) in [4.78, 5) is 27.7. The van der Waals surface area contributed by atoms with Gasteiger partial charge in [-0.05, 0) is 30.3 Å². The van der Waals surface area contributed by atoms with Crippen LogP contribution in [-0.4, -0.2) is 58.5 Å². The first-order valence-corrected chi connectivity index (χ1v) is 10.9. The fraction of sp³-hybridized carbons (Fsp3) is 0.300. The molecule has 1 amide bonds. The summed E-state index contributed by atoms with van der Waals surface area (Å²) in [6.07, 6.45) is -4.66. The number of benzene rings is 2. The van der Waals surface area contributed by atoms with Crippen LogP contribution >= 0.6 is 0 Å². The van der Waals surface area contributed by atoms with Crippen LogP contribution in [0.15, 0.2) is 47.4 Å². The molecule has 0 unspecified atom stereocenters. The zero-order valence-corrected chi connectivity index (χ0v) is 17.7. The lowest BCUT2D eigenvalue weighted by Crippen LogP contribution is -2.49. The minimum Gasteiger partial charge on any atom is -0.465 e. The first kappa shape index (κ1) is 23.5.